The normalized spacial score (nSPS) is 14.3. The largest absolute Gasteiger partial charge is 0.253 e. The maximum atomic E-state index is 4.54. The van der Waals surface area contributed by atoms with Gasteiger partial charge in [0.05, 0.1) is 5.35 Å². The molecule has 0 radical (unpaired) electrons. The third kappa shape index (κ3) is 1.51. The van der Waals surface area contributed by atoms with Crippen molar-refractivity contribution < 1.29 is 0 Å². The minimum Gasteiger partial charge on any atom is -0.253 e. The molecule has 1 heterocycles. The number of hydrogen-bond donors (Lipinski definition) is 0. The molecule has 1 aromatic heterocycles. The predicted molar refractivity (Wildman–Crippen MR) is 55.8 cm³/mol. The molecule has 1 aliphatic carbocycles. The molecule has 0 saturated heterocycles. The lowest BCUT2D eigenvalue weighted by molar-refractivity contribution is 0.999. The Morgan fingerprint density at radius 2 is 2.08 bits per heavy atom. The van der Waals surface area contributed by atoms with Gasteiger partial charge in [-0.2, -0.15) is 0 Å². The average Bonchev–Trinajstić information content (AvgIpc) is 2.16. The standard InChI is InChI=1S/C12H15N/c1-3-10-8-9(2)13-12-7-5-4-6-11(10)12/h6-8H,3-5H2,1-2H3. The molecule has 68 valence electrons. The van der Waals surface area contributed by atoms with Gasteiger partial charge >= 0.3 is 0 Å². The van der Waals surface area contributed by atoms with E-state index < -0.39 is 0 Å². The van der Waals surface area contributed by atoms with Gasteiger partial charge in [0.1, 0.15) is 0 Å². The van der Waals surface area contributed by atoms with E-state index in [-0.39, 0.29) is 0 Å². The average molecular weight is 173 g/mol. The highest BCUT2D eigenvalue weighted by Crippen LogP contribution is 1.99. The smallest absolute Gasteiger partial charge is 0.0665 e. The van der Waals surface area contributed by atoms with Crippen molar-refractivity contribution >= 4 is 12.2 Å². The van der Waals surface area contributed by atoms with Crippen LogP contribution in [0.4, 0.5) is 0 Å². The Labute approximate surface area is 78.8 Å². The van der Waals surface area contributed by atoms with Crippen LogP contribution in [0.5, 0.6) is 0 Å². The molecule has 1 heteroatoms. The lowest BCUT2D eigenvalue weighted by atomic mass is 10.0. The number of rotatable bonds is 1. The van der Waals surface area contributed by atoms with Crippen molar-refractivity contribution in [2.45, 2.75) is 33.1 Å². The molecule has 0 atom stereocenters. The summed E-state index contributed by atoms with van der Waals surface area (Å²) in [6.07, 6.45) is 8.00. The minimum atomic E-state index is 1.11. The molecule has 13 heavy (non-hydrogen) atoms. The lowest BCUT2D eigenvalue weighted by Gasteiger charge is -2.05. The number of aromatic nitrogens is 1. The molecule has 0 spiro atoms. The summed E-state index contributed by atoms with van der Waals surface area (Å²) < 4.78 is 0. The summed E-state index contributed by atoms with van der Waals surface area (Å²) in [7, 11) is 0. The summed E-state index contributed by atoms with van der Waals surface area (Å²) in [5.74, 6) is 0. The van der Waals surface area contributed by atoms with Crippen LogP contribution >= 0.6 is 0 Å². The highest BCUT2D eigenvalue weighted by molar-refractivity contribution is 5.39. The van der Waals surface area contributed by atoms with Crippen molar-refractivity contribution in [3.63, 3.8) is 0 Å². The molecule has 0 N–H and O–H groups in total. The maximum absolute atomic E-state index is 4.54. The highest BCUT2D eigenvalue weighted by atomic mass is 14.7. The molecule has 0 aliphatic heterocycles. The van der Waals surface area contributed by atoms with Crippen LogP contribution in [0.2, 0.25) is 0 Å². The van der Waals surface area contributed by atoms with Crippen LogP contribution in [-0.2, 0) is 6.42 Å². The molecule has 1 nitrogen and oxygen atoms in total. The van der Waals surface area contributed by atoms with E-state index in [1.54, 1.807) is 0 Å². The Morgan fingerprint density at radius 1 is 1.31 bits per heavy atom. The molecule has 0 amide bonds. The molecular formula is C12H15N. The second-order valence-corrected chi connectivity index (χ2v) is 3.56. The quantitative estimate of drug-likeness (QED) is 0.624. The van der Waals surface area contributed by atoms with E-state index in [0.717, 1.165) is 18.5 Å². The first kappa shape index (κ1) is 8.49. The Balaban J connectivity index is 2.79. The SMILES string of the molecule is CCc1cc(C)nc2c1=CCCC=2. The number of nitrogens with zero attached hydrogens (tertiary/aromatic N) is 1. The van der Waals surface area contributed by atoms with Crippen molar-refractivity contribution in [1.29, 1.82) is 0 Å². The zero-order chi connectivity index (χ0) is 9.26. The van der Waals surface area contributed by atoms with E-state index in [4.69, 9.17) is 0 Å². The van der Waals surface area contributed by atoms with Gasteiger partial charge < -0.3 is 0 Å². The molecule has 0 fully saturated rings. The third-order valence-corrected chi connectivity index (χ3v) is 2.54. The lowest BCUT2D eigenvalue weighted by Crippen LogP contribution is -2.33. The van der Waals surface area contributed by atoms with Gasteiger partial charge in [-0.25, -0.2) is 0 Å². The van der Waals surface area contributed by atoms with Crippen molar-refractivity contribution in [3.05, 3.63) is 27.9 Å². The maximum Gasteiger partial charge on any atom is 0.0665 e. The van der Waals surface area contributed by atoms with Crippen LogP contribution in [0.15, 0.2) is 6.07 Å². The van der Waals surface area contributed by atoms with Gasteiger partial charge in [0.15, 0.2) is 0 Å². The summed E-state index contributed by atoms with van der Waals surface area (Å²) in [6, 6.07) is 2.20. The molecular weight excluding hydrogens is 158 g/mol. The van der Waals surface area contributed by atoms with Gasteiger partial charge in [-0.1, -0.05) is 19.1 Å². The summed E-state index contributed by atoms with van der Waals surface area (Å²) in [4.78, 5) is 4.54. The highest BCUT2D eigenvalue weighted by Gasteiger charge is 2.00. The van der Waals surface area contributed by atoms with E-state index in [9.17, 15) is 0 Å². The third-order valence-electron chi connectivity index (χ3n) is 2.54. The first-order valence-corrected chi connectivity index (χ1v) is 4.98. The summed E-state index contributed by atoms with van der Waals surface area (Å²) >= 11 is 0. The number of pyridine rings is 1. The summed E-state index contributed by atoms with van der Waals surface area (Å²) in [6.45, 7) is 4.28. The molecule has 0 unspecified atom stereocenters. The fraction of sp³-hybridized carbons (Fsp3) is 0.417. The van der Waals surface area contributed by atoms with Crippen LogP contribution < -0.4 is 10.6 Å². The van der Waals surface area contributed by atoms with Gasteiger partial charge in [0, 0.05) is 5.69 Å². The van der Waals surface area contributed by atoms with E-state index in [0.29, 0.717) is 0 Å². The van der Waals surface area contributed by atoms with E-state index in [1.165, 1.54) is 22.6 Å². The summed E-state index contributed by atoms with van der Waals surface area (Å²) in [5.41, 5.74) is 2.58. The van der Waals surface area contributed by atoms with Gasteiger partial charge in [0.2, 0.25) is 0 Å². The molecule has 0 saturated carbocycles. The van der Waals surface area contributed by atoms with Crippen LogP contribution in [-0.4, -0.2) is 4.98 Å². The fourth-order valence-electron chi connectivity index (χ4n) is 1.91. The number of aryl methyl sites for hydroxylation is 2. The Morgan fingerprint density at radius 3 is 2.85 bits per heavy atom. The van der Waals surface area contributed by atoms with Crippen molar-refractivity contribution in [2.24, 2.45) is 0 Å². The fourth-order valence-corrected chi connectivity index (χ4v) is 1.91. The van der Waals surface area contributed by atoms with E-state index in [2.05, 4.69) is 37.0 Å². The topological polar surface area (TPSA) is 12.9 Å². The molecule has 0 aromatic carbocycles. The molecule has 1 aliphatic rings. The zero-order valence-electron chi connectivity index (χ0n) is 8.30. The van der Waals surface area contributed by atoms with Crippen molar-refractivity contribution in [1.82, 2.24) is 4.98 Å². The van der Waals surface area contributed by atoms with Gasteiger partial charge in [-0.15, -0.1) is 0 Å². The minimum absolute atomic E-state index is 1.11. The van der Waals surface area contributed by atoms with Crippen LogP contribution in [0.1, 0.15) is 31.0 Å². The molecule has 2 rings (SSSR count). The number of hydrogen-bond acceptors (Lipinski definition) is 1. The Bertz CT molecular complexity index is 429. The van der Waals surface area contributed by atoms with E-state index >= 15 is 0 Å². The molecule has 1 aromatic rings. The first-order valence-electron chi connectivity index (χ1n) is 4.98. The second-order valence-electron chi connectivity index (χ2n) is 3.56. The Kier molecular flexibility index (Phi) is 2.17. The molecule has 0 bridgehead atoms. The van der Waals surface area contributed by atoms with Crippen LogP contribution in [0, 0.1) is 6.92 Å². The van der Waals surface area contributed by atoms with E-state index in [1.807, 2.05) is 0 Å². The van der Waals surface area contributed by atoms with Crippen LogP contribution in [0.25, 0.3) is 12.2 Å². The van der Waals surface area contributed by atoms with Gasteiger partial charge in [-0.3, -0.25) is 4.98 Å². The number of fused-ring (bicyclic) bond motifs is 1. The second kappa shape index (κ2) is 3.33. The van der Waals surface area contributed by atoms with Crippen molar-refractivity contribution in [3.8, 4) is 0 Å². The predicted octanol–water partition coefficient (Wildman–Crippen LogP) is 1.31. The first-order chi connectivity index (χ1) is 6.31. The Hall–Kier alpha value is -1.11. The van der Waals surface area contributed by atoms with Crippen molar-refractivity contribution in [2.75, 3.05) is 0 Å². The van der Waals surface area contributed by atoms with Gasteiger partial charge in [0.25, 0.3) is 0 Å². The van der Waals surface area contributed by atoms with Gasteiger partial charge in [-0.05, 0) is 43.0 Å². The summed E-state index contributed by atoms with van der Waals surface area (Å²) in [5, 5.41) is 2.57. The monoisotopic (exact) mass is 173 g/mol. The van der Waals surface area contributed by atoms with Crippen LogP contribution in [0.3, 0.4) is 0 Å². The zero-order valence-corrected chi connectivity index (χ0v) is 8.30.